The Hall–Kier alpha value is -1.13. The summed E-state index contributed by atoms with van der Waals surface area (Å²) in [6, 6.07) is 5.20. The molecule has 2 aliphatic rings. The Balaban J connectivity index is 1.75. The Morgan fingerprint density at radius 2 is 2.28 bits per heavy atom. The SMILES string of the molecule is Nc1cc(F)ccc1CN1CCOC2CCCC21. The van der Waals surface area contributed by atoms with Crippen molar-refractivity contribution in [2.24, 2.45) is 0 Å². The quantitative estimate of drug-likeness (QED) is 0.817. The number of hydrogen-bond donors (Lipinski definition) is 1. The van der Waals surface area contributed by atoms with Crippen LogP contribution in [0, 0.1) is 5.82 Å². The molecule has 1 heterocycles. The fraction of sp³-hybridized carbons (Fsp3) is 0.571. The minimum atomic E-state index is -0.267. The van der Waals surface area contributed by atoms with Gasteiger partial charge in [-0.3, -0.25) is 4.90 Å². The van der Waals surface area contributed by atoms with Crippen LogP contribution < -0.4 is 5.73 Å². The molecule has 98 valence electrons. The smallest absolute Gasteiger partial charge is 0.125 e. The van der Waals surface area contributed by atoms with E-state index in [1.54, 1.807) is 6.07 Å². The number of ether oxygens (including phenoxy) is 1. The molecule has 2 fully saturated rings. The Labute approximate surface area is 107 Å². The van der Waals surface area contributed by atoms with Crippen molar-refractivity contribution in [3.05, 3.63) is 29.6 Å². The molecule has 1 aliphatic carbocycles. The fourth-order valence-electron chi connectivity index (χ4n) is 3.13. The lowest BCUT2D eigenvalue weighted by Crippen LogP contribution is -2.47. The standard InChI is InChI=1S/C14H19FN2O/c15-11-5-4-10(12(16)8-11)9-17-6-7-18-14-3-1-2-13(14)17/h4-5,8,13-14H,1-3,6-7,9,16H2. The maximum Gasteiger partial charge on any atom is 0.125 e. The van der Waals surface area contributed by atoms with Gasteiger partial charge < -0.3 is 10.5 Å². The molecule has 2 N–H and O–H groups in total. The molecule has 1 aromatic rings. The first kappa shape index (κ1) is 11.9. The highest BCUT2D eigenvalue weighted by Gasteiger charge is 2.35. The van der Waals surface area contributed by atoms with Gasteiger partial charge in [0.1, 0.15) is 5.82 Å². The average Bonchev–Trinajstić information content (AvgIpc) is 2.82. The molecule has 1 aromatic carbocycles. The second-order valence-electron chi connectivity index (χ2n) is 5.22. The van der Waals surface area contributed by atoms with E-state index in [-0.39, 0.29) is 5.82 Å². The summed E-state index contributed by atoms with van der Waals surface area (Å²) in [5, 5.41) is 0. The first-order chi connectivity index (χ1) is 8.74. The topological polar surface area (TPSA) is 38.5 Å². The Bertz CT molecular complexity index is 438. The molecule has 0 amide bonds. The third-order valence-corrected chi connectivity index (χ3v) is 4.08. The molecule has 1 aliphatic heterocycles. The summed E-state index contributed by atoms with van der Waals surface area (Å²) in [4.78, 5) is 2.44. The van der Waals surface area contributed by atoms with Crippen molar-refractivity contribution in [1.29, 1.82) is 0 Å². The number of halogens is 1. The average molecular weight is 250 g/mol. The number of nitrogens with zero attached hydrogens (tertiary/aromatic N) is 1. The van der Waals surface area contributed by atoms with Gasteiger partial charge in [0.15, 0.2) is 0 Å². The van der Waals surface area contributed by atoms with Crippen LogP contribution in [-0.2, 0) is 11.3 Å². The van der Waals surface area contributed by atoms with E-state index in [2.05, 4.69) is 4.90 Å². The second-order valence-corrected chi connectivity index (χ2v) is 5.22. The summed E-state index contributed by atoms with van der Waals surface area (Å²) in [6.45, 7) is 2.54. The van der Waals surface area contributed by atoms with E-state index in [4.69, 9.17) is 10.5 Å². The largest absolute Gasteiger partial charge is 0.398 e. The van der Waals surface area contributed by atoms with Crippen LogP contribution in [0.1, 0.15) is 24.8 Å². The van der Waals surface area contributed by atoms with Crippen molar-refractivity contribution in [2.45, 2.75) is 38.0 Å². The molecule has 18 heavy (non-hydrogen) atoms. The number of morpholine rings is 1. The number of rotatable bonds is 2. The highest BCUT2D eigenvalue weighted by Crippen LogP contribution is 2.31. The van der Waals surface area contributed by atoms with Gasteiger partial charge in [0, 0.05) is 24.8 Å². The normalized spacial score (nSPS) is 28.3. The summed E-state index contributed by atoms with van der Waals surface area (Å²) in [7, 11) is 0. The molecule has 2 atom stereocenters. The molecular weight excluding hydrogens is 231 g/mol. The van der Waals surface area contributed by atoms with Gasteiger partial charge in [0.05, 0.1) is 12.7 Å². The van der Waals surface area contributed by atoms with E-state index in [9.17, 15) is 4.39 Å². The van der Waals surface area contributed by atoms with Gasteiger partial charge in [0.25, 0.3) is 0 Å². The molecule has 1 saturated carbocycles. The Morgan fingerprint density at radius 3 is 3.11 bits per heavy atom. The molecule has 2 unspecified atom stereocenters. The predicted molar refractivity (Wildman–Crippen MR) is 68.6 cm³/mol. The lowest BCUT2D eigenvalue weighted by Gasteiger charge is -2.37. The number of benzene rings is 1. The van der Waals surface area contributed by atoms with Crippen LogP contribution in [-0.4, -0.2) is 30.2 Å². The fourth-order valence-corrected chi connectivity index (χ4v) is 3.13. The first-order valence-corrected chi connectivity index (χ1v) is 6.63. The van der Waals surface area contributed by atoms with Crippen LogP contribution in [0.3, 0.4) is 0 Å². The molecular formula is C14H19FN2O. The second kappa shape index (κ2) is 4.86. The van der Waals surface area contributed by atoms with E-state index < -0.39 is 0 Å². The number of anilines is 1. The first-order valence-electron chi connectivity index (χ1n) is 6.63. The number of fused-ring (bicyclic) bond motifs is 1. The number of nitrogen functional groups attached to an aromatic ring is 1. The maximum absolute atomic E-state index is 13.0. The zero-order valence-corrected chi connectivity index (χ0v) is 10.4. The Morgan fingerprint density at radius 1 is 1.39 bits per heavy atom. The minimum Gasteiger partial charge on any atom is -0.398 e. The summed E-state index contributed by atoms with van der Waals surface area (Å²) >= 11 is 0. The van der Waals surface area contributed by atoms with E-state index in [1.807, 2.05) is 0 Å². The summed E-state index contributed by atoms with van der Waals surface area (Å²) in [5.41, 5.74) is 7.45. The van der Waals surface area contributed by atoms with Crippen LogP contribution >= 0.6 is 0 Å². The third-order valence-electron chi connectivity index (χ3n) is 4.08. The van der Waals surface area contributed by atoms with Crippen molar-refractivity contribution in [2.75, 3.05) is 18.9 Å². The lowest BCUT2D eigenvalue weighted by molar-refractivity contribution is -0.0587. The van der Waals surface area contributed by atoms with Crippen LogP contribution in [0.5, 0.6) is 0 Å². The molecule has 3 nitrogen and oxygen atoms in total. The third kappa shape index (κ3) is 2.22. The highest BCUT2D eigenvalue weighted by molar-refractivity contribution is 5.46. The highest BCUT2D eigenvalue weighted by atomic mass is 19.1. The van der Waals surface area contributed by atoms with Gasteiger partial charge in [-0.25, -0.2) is 4.39 Å². The Kier molecular flexibility index (Phi) is 3.22. The molecule has 1 saturated heterocycles. The predicted octanol–water partition coefficient (Wildman–Crippen LogP) is 2.16. The van der Waals surface area contributed by atoms with E-state index in [0.29, 0.717) is 17.8 Å². The van der Waals surface area contributed by atoms with Gasteiger partial charge in [0.2, 0.25) is 0 Å². The van der Waals surface area contributed by atoms with Gasteiger partial charge in [-0.1, -0.05) is 6.07 Å². The number of nitrogens with two attached hydrogens (primary N) is 1. The minimum absolute atomic E-state index is 0.267. The van der Waals surface area contributed by atoms with Gasteiger partial charge >= 0.3 is 0 Å². The zero-order chi connectivity index (χ0) is 12.5. The zero-order valence-electron chi connectivity index (χ0n) is 10.4. The van der Waals surface area contributed by atoms with E-state index in [0.717, 1.165) is 25.3 Å². The molecule has 3 rings (SSSR count). The summed E-state index contributed by atoms with van der Waals surface area (Å²) in [6.07, 6.45) is 4.00. The van der Waals surface area contributed by atoms with E-state index >= 15 is 0 Å². The molecule has 0 spiro atoms. The van der Waals surface area contributed by atoms with Gasteiger partial charge in [-0.2, -0.15) is 0 Å². The lowest BCUT2D eigenvalue weighted by atomic mass is 10.1. The van der Waals surface area contributed by atoms with Crippen LogP contribution in [0.4, 0.5) is 10.1 Å². The van der Waals surface area contributed by atoms with Crippen LogP contribution in [0.25, 0.3) is 0 Å². The monoisotopic (exact) mass is 250 g/mol. The van der Waals surface area contributed by atoms with Gasteiger partial charge in [-0.05, 0) is 37.0 Å². The van der Waals surface area contributed by atoms with Crippen molar-refractivity contribution < 1.29 is 9.13 Å². The summed E-state index contributed by atoms with van der Waals surface area (Å²) < 4.78 is 18.8. The maximum atomic E-state index is 13.0. The number of hydrogen-bond acceptors (Lipinski definition) is 3. The van der Waals surface area contributed by atoms with Crippen LogP contribution in [0.2, 0.25) is 0 Å². The van der Waals surface area contributed by atoms with Crippen LogP contribution in [0.15, 0.2) is 18.2 Å². The van der Waals surface area contributed by atoms with Crippen molar-refractivity contribution >= 4 is 5.69 Å². The van der Waals surface area contributed by atoms with Gasteiger partial charge in [-0.15, -0.1) is 0 Å². The van der Waals surface area contributed by atoms with Crippen molar-refractivity contribution in [3.8, 4) is 0 Å². The molecule has 0 radical (unpaired) electrons. The molecule has 4 heteroatoms. The summed E-state index contributed by atoms with van der Waals surface area (Å²) in [5.74, 6) is -0.267. The van der Waals surface area contributed by atoms with Crippen molar-refractivity contribution in [3.63, 3.8) is 0 Å². The molecule has 0 bridgehead atoms. The van der Waals surface area contributed by atoms with E-state index in [1.165, 1.54) is 31.4 Å². The molecule has 0 aromatic heterocycles. The van der Waals surface area contributed by atoms with Crippen molar-refractivity contribution in [1.82, 2.24) is 4.90 Å².